The molecule has 4 nitrogen and oxygen atoms in total. The summed E-state index contributed by atoms with van der Waals surface area (Å²) in [7, 11) is 0. The van der Waals surface area contributed by atoms with Crippen molar-refractivity contribution in [3.8, 4) is 0 Å². The second-order valence-electron chi connectivity index (χ2n) is 3.25. The highest BCUT2D eigenvalue weighted by Crippen LogP contribution is 2.13. The van der Waals surface area contributed by atoms with Crippen molar-refractivity contribution in [3.63, 3.8) is 0 Å². The topological polar surface area (TPSA) is 52.6 Å². The molecule has 0 aromatic rings. The van der Waals surface area contributed by atoms with Gasteiger partial charge in [0.2, 0.25) is 0 Å². The van der Waals surface area contributed by atoms with Gasteiger partial charge in [0.05, 0.1) is 0 Å². The van der Waals surface area contributed by atoms with Crippen molar-refractivity contribution in [1.29, 1.82) is 0 Å². The van der Waals surface area contributed by atoms with E-state index < -0.39 is 6.10 Å². The van der Waals surface area contributed by atoms with E-state index in [4.69, 9.17) is 9.47 Å². The van der Waals surface area contributed by atoms with Crippen molar-refractivity contribution in [3.05, 3.63) is 24.8 Å². The van der Waals surface area contributed by atoms with Crippen LogP contribution in [-0.4, -0.2) is 30.6 Å². The SMILES string of the molecule is C=CCC1O[C@H](COC(C)=O)C=CC1=O. The van der Waals surface area contributed by atoms with Gasteiger partial charge in [0.1, 0.15) is 18.8 Å². The highest BCUT2D eigenvalue weighted by molar-refractivity contribution is 5.94. The van der Waals surface area contributed by atoms with Gasteiger partial charge in [0.15, 0.2) is 5.78 Å². The molecule has 4 heteroatoms. The minimum Gasteiger partial charge on any atom is -0.463 e. The number of ether oxygens (including phenoxy) is 2. The second kappa shape index (κ2) is 5.46. The summed E-state index contributed by atoms with van der Waals surface area (Å²) >= 11 is 0. The molecule has 0 aromatic heterocycles. The molecule has 0 radical (unpaired) electrons. The van der Waals surface area contributed by atoms with Crippen LogP contribution in [0.5, 0.6) is 0 Å². The van der Waals surface area contributed by atoms with E-state index in [1.54, 1.807) is 12.2 Å². The van der Waals surface area contributed by atoms with E-state index >= 15 is 0 Å². The van der Waals surface area contributed by atoms with Gasteiger partial charge in [0, 0.05) is 6.92 Å². The Labute approximate surface area is 88.6 Å². The van der Waals surface area contributed by atoms with Gasteiger partial charge >= 0.3 is 5.97 Å². The van der Waals surface area contributed by atoms with Crippen LogP contribution >= 0.6 is 0 Å². The zero-order valence-corrected chi connectivity index (χ0v) is 8.64. The largest absolute Gasteiger partial charge is 0.463 e. The number of hydrogen-bond acceptors (Lipinski definition) is 4. The normalized spacial score (nSPS) is 25.0. The average Bonchev–Trinajstić information content (AvgIpc) is 2.19. The summed E-state index contributed by atoms with van der Waals surface area (Å²) in [5.41, 5.74) is 0. The van der Waals surface area contributed by atoms with Crippen LogP contribution in [0, 0.1) is 0 Å². The van der Waals surface area contributed by atoms with E-state index in [9.17, 15) is 9.59 Å². The van der Waals surface area contributed by atoms with Crippen LogP contribution in [0.1, 0.15) is 13.3 Å². The molecule has 0 spiro atoms. The minimum atomic E-state index is -0.493. The lowest BCUT2D eigenvalue weighted by Crippen LogP contribution is -2.34. The predicted octanol–water partition coefficient (Wildman–Crippen LogP) is 1.02. The van der Waals surface area contributed by atoms with Crippen molar-refractivity contribution < 1.29 is 19.1 Å². The summed E-state index contributed by atoms with van der Waals surface area (Å²) in [4.78, 5) is 21.9. The molecule has 1 rings (SSSR count). The molecule has 0 amide bonds. The van der Waals surface area contributed by atoms with Crippen LogP contribution in [-0.2, 0) is 19.1 Å². The number of rotatable bonds is 4. The molecular formula is C11H14O4. The van der Waals surface area contributed by atoms with Crippen molar-refractivity contribution in [2.45, 2.75) is 25.6 Å². The van der Waals surface area contributed by atoms with E-state index in [1.807, 2.05) is 0 Å². The maximum Gasteiger partial charge on any atom is 0.302 e. The number of carbonyl (C=O) groups excluding carboxylic acids is 2. The standard InChI is InChI=1S/C11H14O4/c1-3-4-11-10(13)6-5-9(15-11)7-14-8(2)12/h3,5-6,9,11H,1,4,7H2,2H3/t9-,11?/m0/s1. The maximum atomic E-state index is 11.3. The molecule has 15 heavy (non-hydrogen) atoms. The Morgan fingerprint density at radius 3 is 3.07 bits per heavy atom. The summed E-state index contributed by atoms with van der Waals surface area (Å²) in [6, 6.07) is 0. The first kappa shape index (κ1) is 11.7. The smallest absolute Gasteiger partial charge is 0.302 e. The Kier molecular flexibility index (Phi) is 4.24. The molecule has 1 unspecified atom stereocenters. The molecule has 0 bridgehead atoms. The van der Waals surface area contributed by atoms with Crippen LogP contribution in [0.15, 0.2) is 24.8 Å². The third-order valence-electron chi connectivity index (χ3n) is 1.96. The molecule has 0 saturated heterocycles. The average molecular weight is 210 g/mol. The van der Waals surface area contributed by atoms with Gasteiger partial charge in [-0.1, -0.05) is 6.08 Å². The maximum absolute atomic E-state index is 11.3. The van der Waals surface area contributed by atoms with E-state index in [1.165, 1.54) is 13.0 Å². The van der Waals surface area contributed by atoms with Gasteiger partial charge in [-0.2, -0.15) is 0 Å². The van der Waals surface area contributed by atoms with Crippen molar-refractivity contribution >= 4 is 11.8 Å². The number of ketones is 1. The number of carbonyl (C=O) groups is 2. The van der Waals surface area contributed by atoms with Crippen LogP contribution in [0.2, 0.25) is 0 Å². The molecule has 82 valence electrons. The van der Waals surface area contributed by atoms with Gasteiger partial charge in [-0.05, 0) is 18.6 Å². The molecule has 2 atom stereocenters. The van der Waals surface area contributed by atoms with Crippen LogP contribution in [0.4, 0.5) is 0 Å². The lowest BCUT2D eigenvalue weighted by Gasteiger charge is -2.23. The first-order valence-corrected chi connectivity index (χ1v) is 4.75. The van der Waals surface area contributed by atoms with Gasteiger partial charge in [-0.25, -0.2) is 0 Å². The minimum absolute atomic E-state index is 0.0750. The molecule has 0 aromatic carbocycles. The summed E-state index contributed by atoms with van der Waals surface area (Å²) in [5.74, 6) is -0.432. The second-order valence-corrected chi connectivity index (χ2v) is 3.25. The molecule has 1 aliphatic rings. The summed E-state index contributed by atoms with van der Waals surface area (Å²) in [6.45, 7) is 5.02. The fraction of sp³-hybridized carbons (Fsp3) is 0.455. The molecule has 0 N–H and O–H groups in total. The monoisotopic (exact) mass is 210 g/mol. The summed E-state index contributed by atoms with van der Waals surface area (Å²) in [6.07, 6.45) is 4.34. The molecule has 0 aliphatic carbocycles. The van der Waals surface area contributed by atoms with Gasteiger partial charge in [0.25, 0.3) is 0 Å². The summed E-state index contributed by atoms with van der Waals surface area (Å²) in [5, 5.41) is 0. The number of hydrogen-bond donors (Lipinski definition) is 0. The molecular weight excluding hydrogens is 196 g/mol. The Hall–Kier alpha value is -1.42. The van der Waals surface area contributed by atoms with Crippen molar-refractivity contribution in [2.75, 3.05) is 6.61 Å². The van der Waals surface area contributed by atoms with Crippen LogP contribution in [0.3, 0.4) is 0 Å². The van der Waals surface area contributed by atoms with E-state index in [0.29, 0.717) is 6.42 Å². The number of esters is 1. The third kappa shape index (κ3) is 3.67. The zero-order chi connectivity index (χ0) is 11.3. The fourth-order valence-electron chi connectivity index (χ4n) is 1.25. The third-order valence-corrected chi connectivity index (χ3v) is 1.96. The molecule has 0 fully saturated rings. The Bertz CT molecular complexity index is 293. The Morgan fingerprint density at radius 1 is 1.73 bits per heavy atom. The van der Waals surface area contributed by atoms with Gasteiger partial charge in [-0.15, -0.1) is 6.58 Å². The van der Waals surface area contributed by atoms with E-state index in [-0.39, 0.29) is 24.5 Å². The predicted molar refractivity (Wildman–Crippen MR) is 54.3 cm³/mol. The van der Waals surface area contributed by atoms with Gasteiger partial charge < -0.3 is 9.47 Å². The van der Waals surface area contributed by atoms with Crippen LogP contribution in [0.25, 0.3) is 0 Å². The lowest BCUT2D eigenvalue weighted by molar-refractivity contribution is -0.147. The van der Waals surface area contributed by atoms with Crippen LogP contribution < -0.4 is 0 Å². The van der Waals surface area contributed by atoms with Gasteiger partial charge in [-0.3, -0.25) is 9.59 Å². The van der Waals surface area contributed by atoms with Crippen molar-refractivity contribution in [1.82, 2.24) is 0 Å². The molecule has 1 aliphatic heterocycles. The highest BCUT2D eigenvalue weighted by atomic mass is 16.6. The summed E-state index contributed by atoms with van der Waals surface area (Å²) < 4.78 is 10.2. The Balaban J connectivity index is 2.48. The first-order valence-electron chi connectivity index (χ1n) is 4.75. The quantitative estimate of drug-likeness (QED) is 0.513. The molecule has 0 saturated carbocycles. The molecule has 1 heterocycles. The van der Waals surface area contributed by atoms with Crippen molar-refractivity contribution in [2.24, 2.45) is 0 Å². The zero-order valence-electron chi connectivity index (χ0n) is 8.64. The lowest BCUT2D eigenvalue weighted by atomic mass is 10.1. The Morgan fingerprint density at radius 2 is 2.47 bits per heavy atom. The first-order chi connectivity index (χ1) is 7.13. The van der Waals surface area contributed by atoms with E-state index in [2.05, 4.69) is 6.58 Å². The highest BCUT2D eigenvalue weighted by Gasteiger charge is 2.24. The fourth-order valence-corrected chi connectivity index (χ4v) is 1.25. The van der Waals surface area contributed by atoms with E-state index in [0.717, 1.165) is 0 Å².